The number of thiazole rings is 1. The van der Waals surface area contributed by atoms with Gasteiger partial charge in [-0.1, -0.05) is 29.0 Å². The molecule has 0 unspecified atom stereocenters. The predicted octanol–water partition coefficient (Wildman–Crippen LogP) is 5.79. The Morgan fingerprint density at radius 1 is 1.20 bits per heavy atom. The van der Waals surface area contributed by atoms with E-state index in [1.807, 2.05) is 6.92 Å². The first kappa shape index (κ1) is 31.2. The van der Waals surface area contributed by atoms with Gasteiger partial charge >= 0.3 is 5.97 Å². The summed E-state index contributed by atoms with van der Waals surface area (Å²) in [6.07, 6.45) is 1.56. The number of carbonyl (C=O) groups excluding carboxylic acids is 1. The molecule has 5 rings (SSSR count). The van der Waals surface area contributed by atoms with E-state index in [0.717, 1.165) is 11.3 Å². The van der Waals surface area contributed by atoms with Crippen LogP contribution in [0.3, 0.4) is 0 Å². The first-order valence-corrected chi connectivity index (χ1v) is 15.3. The van der Waals surface area contributed by atoms with Crippen molar-refractivity contribution in [3.05, 3.63) is 104 Å². The highest BCUT2D eigenvalue weighted by atomic mass is 79.9. The molecule has 3 heterocycles. The maximum Gasteiger partial charge on any atom is 0.338 e. The lowest BCUT2D eigenvalue weighted by molar-refractivity contribution is -0.385. The zero-order valence-electron chi connectivity index (χ0n) is 23.9. The number of hydrogen-bond acceptors (Lipinski definition) is 10. The van der Waals surface area contributed by atoms with Crippen LogP contribution in [0.4, 0.5) is 5.69 Å². The lowest BCUT2D eigenvalue weighted by Crippen LogP contribution is -2.39. The quantitative estimate of drug-likeness (QED) is 0.122. The van der Waals surface area contributed by atoms with Crippen LogP contribution in [-0.4, -0.2) is 35.8 Å². The summed E-state index contributed by atoms with van der Waals surface area (Å²) in [5.74, 6) is 1.03. The molecule has 2 aromatic carbocycles. The molecule has 0 saturated heterocycles. The Hall–Kier alpha value is -4.20. The summed E-state index contributed by atoms with van der Waals surface area (Å²) in [5.41, 5.74) is 1.04. The largest absolute Gasteiger partial charge is 0.493 e. The van der Waals surface area contributed by atoms with Gasteiger partial charge < -0.3 is 18.6 Å². The molecule has 14 heteroatoms. The molecule has 0 saturated carbocycles. The van der Waals surface area contributed by atoms with E-state index in [4.69, 9.17) is 30.2 Å². The van der Waals surface area contributed by atoms with E-state index in [-0.39, 0.29) is 27.4 Å². The Morgan fingerprint density at radius 2 is 1.98 bits per heavy atom. The number of ether oxygens (including phenoxy) is 3. The second-order valence-electron chi connectivity index (χ2n) is 9.40. The van der Waals surface area contributed by atoms with Gasteiger partial charge in [-0.2, -0.15) is 0 Å². The number of aromatic nitrogens is 1. The first-order valence-electron chi connectivity index (χ1n) is 13.3. The monoisotopic (exact) mass is 701 g/mol. The van der Waals surface area contributed by atoms with E-state index in [1.165, 1.54) is 17.7 Å². The van der Waals surface area contributed by atoms with Gasteiger partial charge in [-0.05, 0) is 72.6 Å². The fourth-order valence-corrected chi connectivity index (χ4v) is 6.42. The molecule has 0 fully saturated rings. The number of allylic oxidation sites excluding steroid dienone is 1. The van der Waals surface area contributed by atoms with Gasteiger partial charge in [0.1, 0.15) is 16.0 Å². The number of nitro benzene ring substituents is 1. The van der Waals surface area contributed by atoms with Crippen molar-refractivity contribution in [3.63, 3.8) is 0 Å². The molecule has 228 valence electrons. The molecule has 0 spiro atoms. The lowest BCUT2D eigenvalue weighted by atomic mass is 9.95. The van der Waals surface area contributed by atoms with Crippen LogP contribution in [0.1, 0.15) is 38.1 Å². The number of methoxy groups -OCH3 is 1. The molecule has 0 radical (unpaired) electrons. The number of rotatable bonds is 9. The number of carbonyl (C=O) groups is 1. The number of fused-ring (bicyclic) bond motifs is 1. The van der Waals surface area contributed by atoms with Crippen molar-refractivity contribution < 1.29 is 28.3 Å². The molecule has 11 nitrogen and oxygen atoms in total. The Balaban J connectivity index is 1.64. The topological polar surface area (TPSA) is 135 Å². The molecular weight excluding hydrogens is 678 g/mol. The summed E-state index contributed by atoms with van der Waals surface area (Å²) in [4.78, 5) is 43.1. The smallest absolute Gasteiger partial charge is 0.338 e. The minimum absolute atomic E-state index is 0.146. The van der Waals surface area contributed by atoms with Crippen LogP contribution in [0, 0.1) is 10.1 Å². The number of halogens is 2. The van der Waals surface area contributed by atoms with Crippen molar-refractivity contribution in [2.75, 3.05) is 20.3 Å². The summed E-state index contributed by atoms with van der Waals surface area (Å²) in [7, 11) is 1.53. The highest BCUT2D eigenvalue weighted by Crippen LogP contribution is 2.38. The van der Waals surface area contributed by atoms with E-state index in [9.17, 15) is 19.7 Å². The van der Waals surface area contributed by atoms with Crippen molar-refractivity contribution in [2.45, 2.75) is 26.8 Å². The van der Waals surface area contributed by atoms with Gasteiger partial charge in [0.05, 0.1) is 52.1 Å². The Kier molecular flexibility index (Phi) is 9.09. The fraction of sp³-hybridized carbons (Fsp3) is 0.233. The molecule has 0 amide bonds. The van der Waals surface area contributed by atoms with Gasteiger partial charge in [-0.25, -0.2) is 9.79 Å². The third kappa shape index (κ3) is 5.82. The average Bonchev–Trinajstić information content (AvgIpc) is 3.58. The highest BCUT2D eigenvalue weighted by Gasteiger charge is 2.34. The molecular formula is C30H25BrClN3O8S. The minimum Gasteiger partial charge on any atom is -0.493 e. The Labute approximate surface area is 267 Å². The molecule has 4 aromatic rings. The van der Waals surface area contributed by atoms with Crippen LogP contribution in [-0.2, 0) is 9.53 Å². The molecule has 0 N–H and O–H groups in total. The van der Waals surface area contributed by atoms with Gasteiger partial charge in [-0.3, -0.25) is 19.5 Å². The normalized spacial score (nSPS) is 14.7. The standard InChI is InChI=1S/C30H25BrClN3O8S/c1-5-41-23-13-16(7-9-22(23)40-4)27-25(29(37)42-6-2)15(3)33-30-34(27)28(36)24(44-30)14-18-8-10-21(43-18)17-11-19(32)26(31)20(12-17)35(38)39/h7-14,27H,5-6H2,1-4H3/b24-14-/t27-/m1/s1. The van der Waals surface area contributed by atoms with Crippen LogP contribution in [0.25, 0.3) is 17.4 Å². The molecule has 1 atom stereocenters. The molecule has 0 aliphatic carbocycles. The number of nitro groups is 1. The number of benzene rings is 2. The molecule has 0 bridgehead atoms. The second kappa shape index (κ2) is 12.8. The van der Waals surface area contributed by atoms with E-state index in [2.05, 4.69) is 20.9 Å². The van der Waals surface area contributed by atoms with E-state index in [0.29, 0.717) is 55.8 Å². The second-order valence-corrected chi connectivity index (χ2v) is 11.6. The number of esters is 1. The van der Waals surface area contributed by atoms with E-state index >= 15 is 0 Å². The SMILES string of the molecule is CCOC(=O)C1=C(C)N=c2s/c(=C\c3ccc(-c4cc(Cl)c(Br)c([N+](=O)[O-])c4)o3)c(=O)n2[C@@H]1c1ccc(OC)c(OCC)c1. The van der Waals surface area contributed by atoms with Gasteiger partial charge in [0.25, 0.3) is 11.2 Å². The Bertz CT molecular complexity index is 2010. The summed E-state index contributed by atoms with van der Waals surface area (Å²) >= 11 is 10.5. The van der Waals surface area contributed by atoms with Gasteiger partial charge in [0.2, 0.25) is 0 Å². The van der Waals surface area contributed by atoms with Crippen LogP contribution in [0.5, 0.6) is 11.5 Å². The Morgan fingerprint density at radius 3 is 2.66 bits per heavy atom. The van der Waals surface area contributed by atoms with Crippen molar-refractivity contribution in [1.29, 1.82) is 0 Å². The van der Waals surface area contributed by atoms with Crippen LogP contribution < -0.4 is 24.4 Å². The summed E-state index contributed by atoms with van der Waals surface area (Å²) < 4.78 is 24.4. The zero-order chi connectivity index (χ0) is 31.7. The van der Waals surface area contributed by atoms with Crippen molar-refractivity contribution in [2.24, 2.45) is 4.99 Å². The van der Waals surface area contributed by atoms with Gasteiger partial charge in [0.15, 0.2) is 16.3 Å². The van der Waals surface area contributed by atoms with Crippen molar-refractivity contribution >= 4 is 56.6 Å². The number of nitrogens with zero attached hydrogens (tertiary/aromatic N) is 3. The highest BCUT2D eigenvalue weighted by molar-refractivity contribution is 9.10. The zero-order valence-corrected chi connectivity index (χ0v) is 27.0. The molecule has 1 aliphatic heterocycles. The van der Waals surface area contributed by atoms with Crippen molar-refractivity contribution in [3.8, 4) is 22.8 Å². The maximum atomic E-state index is 14.0. The first-order chi connectivity index (χ1) is 21.1. The fourth-order valence-electron chi connectivity index (χ4n) is 4.80. The molecule has 2 aromatic heterocycles. The van der Waals surface area contributed by atoms with Crippen molar-refractivity contribution in [1.82, 2.24) is 4.57 Å². The molecule has 1 aliphatic rings. The van der Waals surface area contributed by atoms with Crippen LogP contribution >= 0.6 is 38.9 Å². The van der Waals surface area contributed by atoms with Gasteiger partial charge in [-0.15, -0.1) is 0 Å². The summed E-state index contributed by atoms with van der Waals surface area (Å²) in [6.45, 7) is 5.78. The maximum absolute atomic E-state index is 14.0. The van der Waals surface area contributed by atoms with Gasteiger partial charge in [0, 0.05) is 17.7 Å². The van der Waals surface area contributed by atoms with Crippen LogP contribution in [0.15, 0.2) is 72.4 Å². The summed E-state index contributed by atoms with van der Waals surface area (Å²) in [6, 6.07) is 10.5. The third-order valence-electron chi connectivity index (χ3n) is 6.71. The number of furan rings is 1. The van der Waals surface area contributed by atoms with Crippen LogP contribution in [0.2, 0.25) is 5.02 Å². The third-order valence-corrected chi connectivity index (χ3v) is 9.05. The predicted molar refractivity (Wildman–Crippen MR) is 168 cm³/mol. The lowest BCUT2D eigenvalue weighted by Gasteiger charge is -2.25. The molecule has 44 heavy (non-hydrogen) atoms. The van der Waals surface area contributed by atoms with E-state index < -0.39 is 22.5 Å². The van der Waals surface area contributed by atoms with E-state index in [1.54, 1.807) is 56.3 Å². The summed E-state index contributed by atoms with van der Waals surface area (Å²) in [5, 5.41) is 11.6. The average molecular weight is 703 g/mol. The number of hydrogen-bond donors (Lipinski definition) is 0. The minimum atomic E-state index is -0.852.